The van der Waals surface area contributed by atoms with Crippen molar-refractivity contribution in [1.82, 2.24) is 25.7 Å². The molecular formula is C11H18N6O6. The highest BCUT2D eigenvalue weighted by Crippen LogP contribution is 2.06. The summed E-state index contributed by atoms with van der Waals surface area (Å²) in [6, 6.07) is 0. The fourth-order valence-electron chi connectivity index (χ4n) is 1.15. The molecule has 0 aliphatic rings. The molecule has 0 unspecified atom stereocenters. The standard InChI is InChI=1S/C8H13N3O4.C3H5N3O2/c1-8(2,3)15-6(12)9-4-5-10-11-7(13)14-5;4-1-2-5-6-3(7)8-2/h4H2,1-3H3,(H,9,12)(H,11,13);1,4H2,(H,6,7). The van der Waals surface area contributed by atoms with Crippen LogP contribution < -0.4 is 22.6 Å². The molecule has 23 heavy (non-hydrogen) atoms. The maximum absolute atomic E-state index is 11.1. The molecule has 0 spiro atoms. The Labute approximate surface area is 129 Å². The van der Waals surface area contributed by atoms with Gasteiger partial charge in [0.05, 0.1) is 13.1 Å². The lowest BCUT2D eigenvalue weighted by atomic mass is 10.2. The van der Waals surface area contributed by atoms with E-state index in [1.54, 1.807) is 20.8 Å². The van der Waals surface area contributed by atoms with Gasteiger partial charge in [-0.05, 0) is 20.8 Å². The van der Waals surface area contributed by atoms with Crippen LogP contribution in [0.15, 0.2) is 18.4 Å². The molecule has 0 bridgehead atoms. The van der Waals surface area contributed by atoms with E-state index in [1.165, 1.54) is 0 Å². The minimum Gasteiger partial charge on any atom is -0.444 e. The summed E-state index contributed by atoms with van der Waals surface area (Å²) in [5, 5.41) is 13.5. The van der Waals surface area contributed by atoms with E-state index in [9.17, 15) is 14.4 Å². The Balaban J connectivity index is 0.000000277. The Morgan fingerprint density at radius 1 is 1.17 bits per heavy atom. The first-order chi connectivity index (χ1) is 10.7. The van der Waals surface area contributed by atoms with E-state index in [0.29, 0.717) is 0 Å². The molecule has 0 fully saturated rings. The zero-order valence-electron chi connectivity index (χ0n) is 12.8. The summed E-state index contributed by atoms with van der Waals surface area (Å²) in [4.78, 5) is 31.8. The molecule has 2 aromatic heterocycles. The quantitative estimate of drug-likeness (QED) is 0.560. The largest absolute Gasteiger partial charge is 0.444 e. The third-order valence-electron chi connectivity index (χ3n) is 1.92. The normalized spacial score (nSPS) is 10.6. The van der Waals surface area contributed by atoms with Crippen LogP contribution in [-0.2, 0) is 17.8 Å². The van der Waals surface area contributed by atoms with Crippen molar-refractivity contribution in [2.75, 3.05) is 0 Å². The number of ether oxygens (including phenoxy) is 1. The molecule has 0 aliphatic heterocycles. The van der Waals surface area contributed by atoms with Crippen molar-refractivity contribution in [2.45, 2.75) is 39.5 Å². The van der Waals surface area contributed by atoms with Gasteiger partial charge in [-0.1, -0.05) is 0 Å². The average molecular weight is 330 g/mol. The third kappa shape index (κ3) is 7.61. The molecule has 0 aromatic carbocycles. The molecule has 2 heterocycles. The number of aromatic amines is 2. The second-order valence-electron chi connectivity index (χ2n) is 5.07. The maximum atomic E-state index is 11.1. The van der Waals surface area contributed by atoms with Crippen LogP contribution in [0.3, 0.4) is 0 Å². The topological polar surface area (TPSA) is 182 Å². The van der Waals surface area contributed by atoms with Crippen molar-refractivity contribution in [2.24, 2.45) is 5.73 Å². The molecule has 12 heteroatoms. The summed E-state index contributed by atoms with van der Waals surface area (Å²) in [5.41, 5.74) is 4.49. The number of rotatable bonds is 3. The van der Waals surface area contributed by atoms with Gasteiger partial charge in [0.25, 0.3) is 0 Å². The first-order valence-electron chi connectivity index (χ1n) is 6.45. The predicted molar refractivity (Wildman–Crippen MR) is 75.2 cm³/mol. The van der Waals surface area contributed by atoms with E-state index >= 15 is 0 Å². The molecule has 0 radical (unpaired) electrons. The molecule has 0 saturated carbocycles. The molecule has 1 amide bonds. The number of aromatic nitrogens is 4. The first-order valence-corrected chi connectivity index (χ1v) is 6.45. The Bertz CT molecular complexity index is 720. The van der Waals surface area contributed by atoms with Crippen molar-refractivity contribution in [3.8, 4) is 0 Å². The monoisotopic (exact) mass is 330 g/mol. The molecule has 2 rings (SSSR count). The van der Waals surface area contributed by atoms with Gasteiger partial charge in [-0.2, -0.15) is 0 Å². The molecule has 5 N–H and O–H groups in total. The van der Waals surface area contributed by atoms with Gasteiger partial charge in [0, 0.05) is 0 Å². The van der Waals surface area contributed by atoms with Crippen LogP contribution >= 0.6 is 0 Å². The van der Waals surface area contributed by atoms with Gasteiger partial charge in [0.1, 0.15) is 5.60 Å². The van der Waals surface area contributed by atoms with Gasteiger partial charge < -0.3 is 24.6 Å². The molecule has 128 valence electrons. The summed E-state index contributed by atoms with van der Waals surface area (Å²) in [5.74, 6) is -0.887. The third-order valence-corrected chi connectivity index (χ3v) is 1.92. The molecule has 0 saturated heterocycles. The number of nitrogens with one attached hydrogen (secondary N) is 3. The lowest BCUT2D eigenvalue weighted by Crippen LogP contribution is -2.32. The van der Waals surface area contributed by atoms with E-state index in [4.69, 9.17) is 10.5 Å². The second kappa shape index (κ2) is 7.93. The van der Waals surface area contributed by atoms with Crippen LogP contribution in [0, 0.1) is 0 Å². The van der Waals surface area contributed by atoms with Gasteiger partial charge in [0.15, 0.2) is 0 Å². The second-order valence-corrected chi connectivity index (χ2v) is 5.07. The summed E-state index contributed by atoms with van der Waals surface area (Å²) >= 11 is 0. The zero-order valence-corrected chi connectivity index (χ0v) is 12.8. The Morgan fingerprint density at radius 3 is 2.04 bits per heavy atom. The lowest BCUT2D eigenvalue weighted by molar-refractivity contribution is 0.0518. The number of carbonyl (C=O) groups is 1. The minimum atomic E-state index is -0.656. The summed E-state index contributed by atoms with van der Waals surface area (Å²) < 4.78 is 13.9. The number of hydrogen-bond acceptors (Lipinski definition) is 9. The molecule has 12 nitrogen and oxygen atoms in total. The highest BCUT2D eigenvalue weighted by molar-refractivity contribution is 5.67. The van der Waals surface area contributed by atoms with Crippen LogP contribution in [0.2, 0.25) is 0 Å². The smallest absolute Gasteiger partial charge is 0.434 e. The number of hydrogen-bond donors (Lipinski definition) is 4. The van der Waals surface area contributed by atoms with E-state index in [-0.39, 0.29) is 24.9 Å². The fraction of sp³-hybridized carbons (Fsp3) is 0.545. The molecule has 0 aliphatic carbocycles. The number of H-pyrrole nitrogens is 2. The number of amides is 1. The summed E-state index contributed by atoms with van der Waals surface area (Å²) in [6.45, 7) is 5.41. The number of carbonyl (C=O) groups excluding carboxylic acids is 1. The van der Waals surface area contributed by atoms with Gasteiger partial charge in [-0.3, -0.25) is 0 Å². The van der Waals surface area contributed by atoms with Crippen LogP contribution in [0.25, 0.3) is 0 Å². The van der Waals surface area contributed by atoms with Crippen molar-refractivity contribution in [3.05, 3.63) is 32.9 Å². The van der Waals surface area contributed by atoms with Crippen molar-refractivity contribution in [1.29, 1.82) is 0 Å². The summed E-state index contributed by atoms with van der Waals surface area (Å²) in [6.07, 6.45) is -0.590. The maximum Gasteiger partial charge on any atom is 0.434 e. The number of nitrogens with two attached hydrogens (primary N) is 1. The Morgan fingerprint density at radius 2 is 1.70 bits per heavy atom. The average Bonchev–Trinajstić information content (AvgIpc) is 3.04. The minimum absolute atomic E-state index is 0.00759. The molecule has 2 aromatic rings. The Hall–Kier alpha value is -2.89. The van der Waals surface area contributed by atoms with Crippen LogP contribution in [0.4, 0.5) is 4.79 Å². The van der Waals surface area contributed by atoms with Gasteiger partial charge in [0.2, 0.25) is 11.8 Å². The zero-order chi connectivity index (χ0) is 17.5. The van der Waals surface area contributed by atoms with Crippen LogP contribution in [0.5, 0.6) is 0 Å². The fourth-order valence-corrected chi connectivity index (χ4v) is 1.15. The van der Waals surface area contributed by atoms with E-state index in [0.717, 1.165) is 0 Å². The van der Waals surface area contributed by atoms with E-state index in [1.807, 2.05) is 0 Å². The van der Waals surface area contributed by atoms with Crippen molar-refractivity contribution < 1.29 is 18.4 Å². The van der Waals surface area contributed by atoms with Gasteiger partial charge >= 0.3 is 17.6 Å². The first kappa shape index (κ1) is 18.2. The molecule has 0 atom stereocenters. The highest BCUT2D eigenvalue weighted by Gasteiger charge is 2.16. The van der Waals surface area contributed by atoms with Gasteiger partial charge in [-0.15, -0.1) is 10.2 Å². The lowest BCUT2D eigenvalue weighted by Gasteiger charge is -2.19. The van der Waals surface area contributed by atoms with Crippen molar-refractivity contribution in [3.63, 3.8) is 0 Å². The highest BCUT2D eigenvalue weighted by atomic mass is 16.6. The van der Waals surface area contributed by atoms with E-state index < -0.39 is 23.2 Å². The predicted octanol–water partition coefficient (Wildman–Crippen LogP) is -0.791. The number of nitrogens with zero attached hydrogens (tertiary/aromatic N) is 2. The van der Waals surface area contributed by atoms with Gasteiger partial charge in [-0.25, -0.2) is 24.6 Å². The summed E-state index contributed by atoms with van der Waals surface area (Å²) in [7, 11) is 0. The van der Waals surface area contributed by atoms with E-state index in [2.05, 4.69) is 34.5 Å². The van der Waals surface area contributed by atoms with Crippen molar-refractivity contribution >= 4 is 6.09 Å². The number of alkyl carbamates (subject to hydrolysis) is 1. The SMILES string of the molecule is CC(C)(C)OC(=O)NCc1n[nH]c(=O)o1.NCc1n[nH]c(=O)o1. The van der Waals surface area contributed by atoms with Crippen LogP contribution in [-0.4, -0.2) is 32.1 Å². The van der Waals surface area contributed by atoms with Crippen LogP contribution in [0.1, 0.15) is 32.6 Å². The Kier molecular flexibility index (Phi) is 6.26. The molecular weight excluding hydrogens is 312 g/mol.